The maximum Gasteiger partial charge on any atom is 0.303 e. The SMILES string of the molecule is CC(=O)O[C@@H]1CO[C@@H]2C[C@H]1Nc1c2ccc2c1C(=O)c1ccc3cc(C)ccc3c1C2=O. The van der Waals surface area contributed by atoms with Gasteiger partial charge in [0.25, 0.3) is 0 Å². The van der Waals surface area contributed by atoms with E-state index in [0.29, 0.717) is 41.0 Å². The summed E-state index contributed by atoms with van der Waals surface area (Å²) in [5.74, 6) is -0.700. The second kappa shape index (κ2) is 6.74. The van der Waals surface area contributed by atoms with Crippen molar-refractivity contribution in [2.75, 3.05) is 11.9 Å². The number of rotatable bonds is 1. The van der Waals surface area contributed by atoms with E-state index in [4.69, 9.17) is 9.47 Å². The zero-order chi connectivity index (χ0) is 22.1. The minimum absolute atomic E-state index is 0.151. The van der Waals surface area contributed by atoms with E-state index in [1.165, 1.54) is 6.92 Å². The van der Waals surface area contributed by atoms with Crippen LogP contribution < -0.4 is 5.32 Å². The van der Waals surface area contributed by atoms with Crippen molar-refractivity contribution in [3.05, 3.63) is 75.8 Å². The van der Waals surface area contributed by atoms with Gasteiger partial charge in [-0.25, -0.2) is 0 Å². The lowest BCUT2D eigenvalue weighted by Crippen LogP contribution is -2.48. The Balaban J connectivity index is 1.51. The van der Waals surface area contributed by atoms with Gasteiger partial charge >= 0.3 is 5.97 Å². The molecule has 0 radical (unpaired) electrons. The largest absolute Gasteiger partial charge is 0.458 e. The molecule has 1 N–H and O–H groups in total. The molecular formula is C26H21NO5. The lowest BCUT2D eigenvalue weighted by Gasteiger charge is -2.42. The van der Waals surface area contributed by atoms with E-state index in [2.05, 4.69) is 5.32 Å². The zero-order valence-corrected chi connectivity index (χ0v) is 17.7. The van der Waals surface area contributed by atoms with Crippen LogP contribution in [0.2, 0.25) is 0 Å². The summed E-state index contributed by atoms with van der Waals surface area (Å²) < 4.78 is 11.4. The molecule has 1 aliphatic carbocycles. The van der Waals surface area contributed by atoms with Gasteiger partial charge in [0.05, 0.1) is 30.0 Å². The summed E-state index contributed by atoms with van der Waals surface area (Å²) in [6.45, 7) is 3.66. The van der Waals surface area contributed by atoms with E-state index < -0.39 is 6.10 Å². The Kier molecular flexibility index (Phi) is 4.04. The number of ether oxygens (including phenoxy) is 2. The van der Waals surface area contributed by atoms with Crippen LogP contribution in [0.15, 0.2) is 42.5 Å². The topological polar surface area (TPSA) is 81.7 Å². The number of esters is 1. The molecule has 0 amide bonds. The molecule has 3 aromatic carbocycles. The molecule has 1 fully saturated rings. The molecule has 0 spiro atoms. The monoisotopic (exact) mass is 427 g/mol. The molecule has 6 heteroatoms. The molecule has 2 aliphatic heterocycles. The highest BCUT2D eigenvalue weighted by molar-refractivity contribution is 6.33. The number of carbonyl (C=O) groups excluding carboxylic acids is 3. The molecule has 2 bridgehead atoms. The summed E-state index contributed by atoms with van der Waals surface area (Å²) in [5, 5.41) is 5.14. The number of benzene rings is 3. The van der Waals surface area contributed by atoms with Crippen LogP contribution in [0.1, 0.15) is 62.4 Å². The number of aryl methyl sites for hydroxylation is 1. The minimum atomic E-state index is -0.443. The van der Waals surface area contributed by atoms with Gasteiger partial charge in [0.1, 0.15) is 6.10 Å². The van der Waals surface area contributed by atoms with Crippen molar-refractivity contribution in [1.82, 2.24) is 0 Å². The number of carbonyl (C=O) groups is 3. The third-order valence-electron chi connectivity index (χ3n) is 6.73. The molecule has 1 saturated heterocycles. The van der Waals surface area contributed by atoms with E-state index in [-0.39, 0.29) is 29.7 Å². The molecule has 6 rings (SSSR count). The second-order valence-corrected chi connectivity index (χ2v) is 8.78. The molecule has 3 atom stereocenters. The van der Waals surface area contributed by atoms with Crippen molar-refractivity contribution in [2.24, 2.45) is 0 Å². The first-order chi connectivity index (χ1) is 15.4. The van der Waals surface area contributed by atoms with Crippen molar-refractivity contribution in [1.29, 1.82) is 0 Å². The molecule has 32 heavy (non-hydrogen) atoms. The van der Waals surface area contributed by atoms with Crippen molar-refractivity contribution < 1.29 is 23.9 Å². The van der Waals surface area contributed by atoms with Gasteiger partial charge in [0.15, 0.2) is 11.6 Å². The first-order valence-corrected chi connectivity index (χ1v) is 10.8. The van der Waals surface area contributed by atoms with Gasteiger partial charge in [0, 0.05) is 35.6 Å². The summed E-state index contributed by atoms with van der Waals surface area (Å²) >= 11 is 0. The molecular weight excluding hydrogens is 406 g/mol. The molecule has 160 valence electrons. The fourth-order valence-electron chi connectivity index (χ4n) is 5.28. The van der Waals surface area contributed by atoms with Gasteiger partial charge in [-0.15, -0.1) is 0 Å². The van der Waals surface area contributed by atoms with Crippen molar-refractivity contribution in [3.63, 3.8) is 0 Å². The predicted molar refractivity (Wildman–Crippen MR) is 118 cm³/mol. The number of anilines is 1. The molecule has 6 nitrogen and oxygen atoms in total. The van der Waals surface area contributed by atoms with E-state index in [0.717, 1.165) is 21.9 Å². The normalized spacial score (nSPS) is 23.1. The molecule has 2 heterocycles. The maximum absolute atomic E-state index is 13.7. The average molecular weight is 427 g/mol. The van der Waals surface area contributed by atoms with Crippen LogP contribution in [0.3, 0.4) is 0 Å². The van der Waals surface area contributed by atoms with Gasteiger partial charge in [0.2, 0.25) is 0 Å². The second-order valence-electron chi connectivity index (χ2n) is 8.78. The maximum atomic E-state index is 13.7. The fraction of sp³-hybridized carbons (Fsp3) is 0.269. The predicted octanol–water partition coefficient (Wildman–Crippen LogP) is 4.11. The minimum Gasteiger partial charge on any atom is -0.458 e. The van der Waals surface area contributed by atoms with Gasteiger partial charge in [-0.1, -0.05) is 35.9 Å². The van der Waals surface area contributed by atoms with Gasteiger partial charge in [-0.05, 0) is 29.8 Å². The Hall–Kier alpha value is -3.51. The Morgan fingerprint density at radius 1 is 1.03 bits per heavy atom. The number of hydrogen-bond donors (Lipinski definition) is 1. The van der Waals surface area contributed by atoms with Crippen LogP contribution in [-0.4, -0.2) is 36.3 Å². The quantitative estimate of drug-likeness (QED) is 0.461. The van der Waals surface area contributed by atoms with E-state index in [1.807, 2.05) is 37.3 Å². The van der Waals surface area contributed by atoms with E-state index in [9.17, 15) is 14.4 Å². The van der Waals surface area contributed by atoms with Crippen LogP contribution in [0.4, 0.5) is 5.69 Å². The first kappa shape index (κ1) is 19.2. The number of ketones is 2. The Bertz CT molecular complexity index is 1360. The molecule has 0 aromatic heterocycles. The van der Waals surface area contributed by atoms with Gasteiger partial charge < -0.3 is 14.8 Å². The fourth-order valence-corrected chi connectivity index (χ4v) is 5.28. The number of fused-ring (bicyclic) bond motifs is 9. The standard InChI is InChI=1S/C26H21NO5/c1-12-3-5-15-14(9-12)4-6-17-22(15)25(29)18-8-7-16-20-10-19(21(11-31-20)32-13(2)28)27-24(16)23(18)26(17)30/h3-9,19-21,27H,10-11H2,1-2H3/t19-,20-,21-/m1/s1. The highest BCUT2D eigenvalue weighted by atomic mass is 16.6. The van der Waals surface area contributed by atoms with E-state index in [1.54, 1.807) is 12.1 Å². The van der Waals surface area contributed by atoms with Gasteiger partial charge in [-0.3, -0.25) is 14.4 Å². The summed E-state index contributed by atoms with van der Waals surface area (Å²) in [6, 6.07) is 13.0. The Morgan fingerprint density at radius 2 is 1.78 bits per heavy atom. The van der Waals surface area contributed by atoms with Crippen LogP contribution in [0, 0.1) is 6.92 Å². The van der Waals surface area contributed by atoms with Crippen molar-refractivity contribution >= 4 is 34.0 Å². The van der Waals surface area contributed by atoms with E-state index >= 15 is 0 Å². The number of hydrogen-bond acceptors (Lipinski definition) is 6. The summed E-state index contributed by atoms with van der Waals surface area (Å²) in [4.78, 5) is 38.8. The summed E-state index contributed by atoms with van der Waals surface area (Å²) in [5.41, 5.74) is 4.24. The Morgan fingerprint density at radius 3 is 2.59 bits per heavy atom. The number of nitrogens with one attached hydrogen (secondary N) is 1. The third-order valence-corrected chi connectivity index (χ3v) is 6.73. The summed E-state index contributed by atoms with van der Waals surface area (Å²) in [6.07, 6.45) is -0.0224. The Labute approximate surface area is 184 Å². The van der Waals surface area contributed by atoms with Crippen LogP contribution in [-0.2, 0) is 14.3 Å². The third kappa shape index (κ3) is 2.66. The average Bonchev–Trinajstić information content (AvgIpc) is 2.77. The lowest BCUT2D eigenvalue weighted by molar-refractivity contribution is -0.158. The smallest absolute Gasteiger partial charge is 0.303 e. The van der Waals surface area contributed by atoms with Crippen molar-refractivity contribution in [2.45, 2.75) is 38.5 Å². The zero-order valence-electron chi connectivity index (χ0n) is 17.7. The van der Waals surface area contributed by atoms with Crippen molar-refractivity contribution in [3.8, 4) is 0 Å². The lowest BCUT2D eigenvalue weighted by atomic mass is 9.77. The molecule has 0 unspecified atom stereocenters. The van der Waals surface area contributed by atoms with Gasteiger partial charge in [-0.2, -0.15) is 0 Å². The van der Waals surface area contributed by atoms with Crippen LogP contribution in [0.25, 0.3) is 10.8 Å². The molecule has 3 aliphatic rings. The molecule has 0 saturated carbocycles. The highest BCUT2D eigenvalue weighted by Gasteiger charge is 2.43. The summed E-state index contributed by atoms with van der Waals surface area (Å²) in [7, 11) is 0. The van der Waals surface area contributed by atoms with Crippen LogP contribution >= 0.6 is 0 Å². The highest BCUT2D eigenvalue weighted by Crippen LogP contribution is 2.45. The first-order valence-electron chi connectivity index (χ1n) is 10.8. The van der Waals surface area contributed by atoms with Crippen LogP contribution in [0.5, 0.6) is 0 Å². The molecule has 3 aromatic rings.